The van der Waals surface area contributed by atoms with Crippen LogP contribution in [0, 0.1) is 5.92 Å². The number of aliphatic hydroxyl groups excluding tert-OH is 1. The van der Waals surface area contributed by atoms with Crippen molar-refractivity contribution in [1.29, 1.82) is 0 Å². The van der Waals surface area contributed by atoms with Gasteiger partial charge in [-0.25, -0.2) is 0 Å². The minimum atomic E-state index is -0.446. The van der Waals surface area contributed by atoms with Crippen LogP contribution in [-0.4, -0.2) is 23.9 Å². The number of hydrogen-bond acceptors (Lipinski definition) is 3. The van der Waals surface area contributed by atoms with E-state index < -0.39 is 6.10 Å². The predicted octanol–water partition coefficient (Wildman–Crippen LogP) is 3.95. The second-order valence-corrected chi connectivity index (χ2v) is 6.52. The summed E-state index contributed by atoms with van der Waals surface area (Å²) in [6, 6.07) is 20.3. The molecule has 0 aromatic heterocycles. The highest BCUT2D eigenvalue weighted by Gasteiger charge is 2.32. The maximum Gasteiger partial charge on any atom is 0.0852 e. The van der Waals surface area contributed by atoms with Gasteiger partial charge in [-0.3, -0.25) is 0 Å². The molecule has 1 aliphatic carbocycles. The van der Waals surface area contributed by atoms with Gasteiger partial charge in [0.15, 0.2) is 0 Å². The average Bonchev–Trinajstić information content (AvgIpc) is 2.64. The third kappa shape index (κ3) is 4.91. The van der Waals surface area contributed by atoms with Crippen molar-refractivity contribution in [3.8, 4) is 0 Å². The maximum atomic E-state index is 10.6. The first kappa shape index (κ1) is 17.2. The second-order valence-electron chi connectivity index (χ2n) is 6.52. The van der Waals surface area contributed by atoms with Crippen LogP contribution in [0.5, 0.6) is 0 Å². The SMILES string of the molecule is O[C@@H]1C(COCc2ccccc2)CCC[C@@H]1OCc1ccccc1. The fraction of sp³-hybridized carbons (Fsp3) is 0.429. The molecule has 0 heterocycles. The van der Waals surface area contributed by atoms with Crippen molar-refractivity contribution in [2.24, 2.45) is 5.92 Å². The van der Waals surface area contributed by atoms with Gasteiger partial charge in [0.1, 0.15) is 0 Å². The summed E-state index contributed by atoms with van der Waals surface area (Å²) in [6.45, 7) is 1.74. The molecule has 1 unspecified atom stereocenters. The molecule has 1 N–H and O–H groups in total. The Morgan fingerprint density at radius 1 is 0.833 bits per heavy atom. The van der Waals surface area contributed by atoms with Crippen molar-refractivity contribution in [2.75, 3.05) is 6.61 Å². The first-order chi connectivity index (χ1) is 11.8. The molecule has 0 aliphatic heterocycles. The Kier molecular flexibility index (Phi) is 6.41. The van der Waals surface area contributed by atoms with E-state index in [0.717, 1.165) is 24.8 Å². The highest BCUT2D eigenvalue weighted by atomic mass is 16.5. The number of hydrogen-bond donors (Lipinski definition) is 1. The molecule has 3 rings (SSSR count). The molecule has 3 heteroatoms. The van der Waals surface area contributed by atoms with Crippen LogP contribution in [0.3, 0.4) is 0 Å². The normalized spacial score (nSPS) is 24.0. The summed E-state index contributed by atoms with van der Waals surface area (Å²) in [7, 11) is 0. The molecule has 0 radical (unpaired) electrons. The molecule has 3 nitrogen and oxygen atoms in total. The lowest BCUT2D eigenvalue weighted by molar-refractivity contribution is -0.107. The monoisotopic (exact) mass is 326 g/mol. The van der Waals surface area contributed by atoms with E-state index in [-0.39, 0.29) is 12.0 Å². The Morgan fingerprint density at radius 2 is 1.46 bits per heavy atom. The number of aliphatic hydroxyl groups is 1. The Bertz CT molecular complexity index is 585. The zero-order chi connectivity index (χ0) is 16.6. The third-order valence-electron chi connectivity index (χ3n) is 4.68. The van der Waals surface area contributed by atoms with Gasteiger partial charge in [0, 0.05) is 5.92 Å². The van der Waals surface area contributed by atoms with E-state index in [1.165, 1.54) is 5.56 Å². The molecular formula is C21H26O3. The van der Waals surface area contributed by atoms with Crippen LogP contribution < -0.4 is 0 Å². The van der Waals surface area contributed by atoms with Gasteiger partial charge in [0.2, 0.25) is 0 Å². The lowest BCUT2D eigenvalue weighted by atomic mass is 9.85. The van der Waals surface area contributed by atoms with Crippen LogP contribution in [0.25, 0.3) is 0 Å². The zero-order valence-corrected chi connectivity index (χ0v) is 14.0. The number of rotatable bonds is 7. The summed E-state index contributed by atoms with van der Waals surface area (Å²) < 4.78 is 11.8. The lowest BCUT2D eigenvalue weighted by Gasteiger charge is -2.34. The quantitative estimate of drug-likeness (QED) is 0.837. The van der Waals surface area contributed by atoms with Gasteiger partial charge in [-0.15, -0.1) is 0 Å². The molecule has 0 saturated heterocycles. The van der Waals surface area contributed by atoms with Crippen LogP contribution in [0.15, 0.2) is 60.7 Å². The molecular weight excluding hydrogens is 300 g/mol. The predicted molar refractivity (Wildman–Crippen MR) is 94.5 cm³/mol. The Balaban J connectivity index is 1.44. The fourth-order valence-corrected chi connectivity index (χ4v) is 3.27. The minimum absolute atomic E-state index is 0.0933. The van der Waals surface area contributed by atoms with Gasteiger partial charge in [-0.1, -0.05) is 67.1 Å². The van der Waals surface area contributed by atoms with Crippen molar-refractivity contribution in [3.05, 3.63) is 71.8 Å². The zero-order valence-electron chi connectivity index (χ0n) is 14.0. The molecule has 3 atom stereocenters. The summed E-state index contributed by atoms with van der Waals surface area (Å²) in [5.74, 6) is 0.156. The van der Waals surface area contributed by atoms with Crippen LogP contribution in [0.2, 0.25) is 0 Å². The standard InChI is InChI=1S/C21H26O3/c22-21-19(16-23-14-17-8-3-1-4-9-17)12-7-13-20(21)24-15-18-10-5-2-6-11-18/h1-6,8-11,19-22H,7,12-16H2/t19?,20-,21+/m0/s1. The highest BCUT2D eigenvalue weighted by Crippen LogP contribution is 2.28. The van der Waals surface area contributed by atoms with Crippen molar-refractivity contribution in [3.63, 3.8) is 0 Å². The first-order valence-corrected chi connectivity index (χ1v) is 8.78. The van der Waals surface area contributed by atoms with E-state index in [2.05, 4.69) is 24.3 Å². The van der Waals surface area contributed by atoms with E-state index in [1.54, 1.807) is 0 Å². The molecule has 2 aromatic carbocycles. The van der Waals surface area contributed by atoms with E-state index in [1.807, 2.05) is 36.4 Å². The number of benzene rings is 2. The molecule has 24 heavy (non-hydrogen) atoms. The first-order valence-electron chi connectivity index (χ1n) is 8.78. The van der Waals surface area contributed by atoms with Crippen LogP contribution in [0.1, 0.15) is 30.4 Å². The molecule has 0 bridgehead atoms. The van der Waals surface area contributed by atoms with Gasteiger partial charge < -0.3 is 14.6 Å². The van der Waals surface area contributed by atoms with Gasteiger partial charge in [-0.2, -0.15) is 0 Å². The Labute approximate surface area is 144 Å². The van der Waals surface area contributed by atoms with Crippen molar-refractivity contribution in [2.45, 2.75) is 44.7 Å². The fourth-order valence-electron chi connectivity index (χ4n) is 3.27. The molecule has 1 saturated carbocycles. The summed E-state index contributed by atoms with van der Waals surface area (Å²) in [6.07, 6.45) is 2.46. The Hall–Kier alpha value is -1.68. The largest absolute Gasteiger partial charge is 0.390 e. The molecule has 0 amide bonds. The average molecular weight is 326 g/mol. The smallest absolute Gasteiger partial charge is 0.0852 e. The molecule has 2 aromatic rings. The van der Waals surface area contributed by atoms with E-state index in [4.69, 9.17) is 9.47 Å². The summed E-state index contributed by atoms with van der Waals surface area (Å²) in [5, 5.41) is 10.6. The van der Waals surface area contributed by atoms with Crippen LogP contribution in [0.4, 0.5) is 0 Å². The van der Waals surface area contributed by atoms with Crippen LogP contribution in [-0.2, 0) is 22.7 Å². The summed E-state index contributed by atoms with van der Waals surface area (Å²) in [4.78, 5) is 0. The van der Waals surface area contributed by atoms with Gasteiger partial charge >= 0.3 is 0 Å². The summed E-state index contributed by atoms with van der Waals surface area (Å²) in [5.41, 5.74) is 2.31. The van der Waals surface area contributed by atoms with E-state index in [0.29, 0.717) is 19.8 Å². The topological polar surface area (TPSA) is 38.7 Å². The van der Waals surface area contributed by atoms with E-state index in [9.17, 15) is 5.11 Å². The Morgan fingerprint density at radius 3 is 2.12 bits per heavy atom. The minimum Gasteiger partial charge on any atom is -0.390 e. The van der Waals surface area contributed by atoms with Crippen LogP contribution >= 0.6 is 0 Å². The maximum absolute atomic E-state index is 10.6. The van der Waals surface area contributed by atoms with E-state index >= 15 is 0 Å². The summed E-state index contributed by atoms with van der Waals surface area (Å²) >= 11 is 0. The third-order valence-corrected chi connectivity index (χ3v) is 4.68. The number of ether oxygens (including phenoxy) is 2. The highest BCUT2D eigenvalue weighted by molar-refractivity contribution is 5.14. The van der Waals surface area contributed by atoms with Crippen molar-refractivity contribution >= 4 is 0 Å². The van der Waals surface area contributed by atoms with Crippen molar-refractivity contribution < 1.29 is 14.6 Å². The lowest BCUT2D eigenvalue weighted by Crippen LogP contribution is -2.41. The molecule has 1 fully saturated rings. The second kappa shape index (κ2) is 8.97. The molecule has 1 aliphatic rings. The van der Waals surface area contributed by atoms with Gasteiger partial charge in [0.05, 0.1) is 32.0 Å². The van der Waals surface area contributed by atoms with Gasteiger partial charge in [-0.05, 0) is 24.0 Å². The molecule has 128 valence electrons. The van der Waals surface area contributed by atoms with Gasteiger partial charge in [0.25, 0.3) is 0 Å². The molecule has 0 spiro atoms. The van der Waals surface area contributed by atoms with Crippen molar-refractivity contribution in [1.82, 2.24) is 0 Å².